The average Bonchev–Trinajstić information content (AvgIpc) is 0.840. The van der Waals surface area contributed by atoms with Gasteiger partial charge in [0.25, 0.3) is 0 Å². The van der Waals surface area contributed by atoms with Crippen molar-refractivity contribution in [1.82, 2.24) is 14.2 Å². The van der Waals surface area contributed by atoms with E-state index in [2.05, 4.69) is 175 Å². The summed E-state index contributed by atoms with van der Waals surface area (Å²) < 4.78 is 101. The van der Waals surface area contributed by atoms with Crippen molar-refractivity contribution < 1.29 is 52.2 Å². The van der Waals surface area contributed by atoms with Gasteiger partial charge in [0.2, 0.25) is 17.7 Å². The Kier molecular flexibility index (Phi) is 33.3. The second-order valence-corrected chi connectivity index (χ2v) is 36.7. The molecule has 0 fully saturated rings. The molecule has 0 unspecified atom stereocenters. The molecule has 105 heavy (non-hydrogen) atoms. The third kappa shape index (κ3) is 25.6. The van der Waals surface area contributed by atoms with Crippen LogP contribution in [0, 0.1) is 0 Å². The van der Waals surface area contributed by atoms with Crippen LogP contribution in [0.5, 0.6) is 17.2 Å². The fraction of sp³-hybridized carbons (Fsp3) is 0.552. The van der Waals surface area contributed by atoms with E-state index in [1.807, 2.05) is 138 Å². The van der Waals surface area contributed by atoms with Gasteiger partial charge in [0.1, 0.15) is 0 Å². The van der Waals surface area contributed by atoms with Crippen molar-refractivity contribution in [2.45, 2.75) is 316 Å². The van der Waals surface area contributed by atoms with Gasteiger partial charge >= 0.3 is 30.9 Å². The van der Waals surface area contributed by atoms with E-state index in [1.54, 1.807) is 0 Å². The Balaban J connectivity index is 0.000000333. The van der Waals surface area contributed by atoms with Crippen LogP contribution in [0.2, 0.25) is 0 Å². The number of carbonyl (C=O) groups excluding carboxylic acids is 3. The van der Waals surface area contributed by atoms with E-state index in [-0.39, 0.29) is 90.3 Å². The number of benzene rings is 6. The molecule has 0 atom stereocenters. The summed E-state index contributed by atoms with van der Waals surface area (Å²) in [5.74, 6) is 1.82. The number of nitrogens with one attached hydrogen (secondary N) is 3. The second-order valence-electron chi connectivity index (χ2n) is 32.9. The molecule has 0 aliphatic carbocycles. The number of amides is 3. The predicted molar refractivity (Wildman–Crippen MR) is 434 cm³/mol. The number of carbonyl (C=O) groups is 3. The lowest BCUT2D eigenvalue weighted by atomic mass is 9.83. The molecule has 3 amide bonds. The zero-order valence-corrected chi connectivity index (χ0v) is 71.5. The van der Waals surface area contributed by atoms with Crippen molar-refractivity contribution in [2.75, 3.05) is 0 Å². The number of para-hydroxylation sites is 3. The maximum absolute atomic E-state index is 13.1. The Labute approximate surface area is 635 Å². The molecule has 0 bridgehead atoms. The highest BCUT2D eigenvalue weighted by atomic mass is 32.2. The largest absolute Gasteiger partial charge is 0.409 e. The van der Waals surface area contributed by atoms with Gasteiger partial charge in [-0.1, -0.05) is 299 Å². The summed E-state index contributed by atoms with van der Waals surface area (Å²) in [6.07, 6.45) is -0.0689. The van der Waals surface area contributed by atoms with E-state index in [9.17, 15) is 39.6 Å². The minimum atomic E-state index is -4.35. The van der Waals surface area contributed by atoms with Crippen LogP contribution in [0.3, 0.4) is 0 Å². The van der Waals surface area contributed by atoms with Gasteiger partial charge in [-0.2, -0.15) is 25.3 Å². The van der Waals surface area contributed by atoms with Crippen molar-refractivity contribution in [2.24, 2.45) is 0 Å². The number of rotatable bonds is 30. The van der Waals surface area contributed by atoms with Crippen LogP contribution in [0.15, 0.2) is 91.0 Å². The van der Waals surface area contributed by atoms with Crippen LogP contribution in [-0.4, -0.2) is 43.0 Å². The normalized spacial score (nSPS) is 12.3. The summed E-state index contributed by atoms with van der Waals surface area (Å²) >= 11 is 0. The first-order chi connectivity index (χ1) is 48.4. The van der Waals surface area contributed by atoms with Crippen molar-refractivity contribution in [3.05, 3.63) is 191 Å². The van der Waals surface area contributed by atoms with E-state index in [1.165, 1.54) is 16.7 Å². The smallest absolute Gasteiger partial charge is 0.366 e. The summed E-state index contributed by atoms with van der Waals surface area (Å²) in [5, 5.41) is 0. The van der Waals surface area contributed by atoms with Crippen molar-refractivity contribution in [1.29, 1.82) is 0 Å². The predicted octanol–water partition coefficient (Wildman–Crippen LogP) is 21.9. The average molecular weight is 1510 g/mol. The van der Waals surface area contributed by atoms with E-state index >= 15 is 0 Å². The minimum Gasteiger partial charge on any atom is -0.366 e. The molecule has 6 rings (SSSR count). The maximum Gasteiger partial charge on any atom is 0.409 e. The summed E-state index contributed by atoms with van der Waals surface area (Å²) in [5.41, 5.74) is 17.6. The lowest BCUT2D eigenvalue weighted by Crippen LogP contribution is -2.36. The molecule has 0 saturated carbocycles. The van der Waals surface area contributed by atoms with Gasteiger partial charge in [0, 0.05) is 0 Å². The fourth-order valence-electron chi connectivity index (χ4n) is 13.1. The van der Waals surface area contributed by atoms with Crippen LogP contribution in [-0.2, 0) is 64.6 Å². The van der Waals surface area contributed by atoms with Crippen molar-refractivity contribution in [3.63, 3.8) is 0 Å². The molecule has 0 saturated heterocycles. The third-order valence-corrected chi connectivity index (χ3v) is 21.6. The Morgan fingerprint density at radius 1 is 0.248 bits per heavy atom. The lowest BCUT2D eigenvalue weighted by Gasteiger charge is -2.23. The monoisotopic (exact) mass is 1500 g/mol. The van der Waals surface area contributed by atoms with Gasteiger partial charge in [0.15, 0.2) is 17.2 Å². The van der Waals surface area contributed by atoms with Crippen LogP contribution in [0.4, 0.5) is 0 Å². The van der Waals surface area contributed by atoms with Gasteiger partial charge in [-0.25, -0.2) is 14.2 Å². The first-order valence-corrected chi connectivity index (χ1v) is 42.3. The zero-order chi connectivity index (χ0) is 80.0. The summed E-state index contributed by atoms with van der Waals surface area (Å²) in [6, 6.07) is 29.8. The standard InChI is InChI=1S/3C29H43NO4S/c3*1-17(2)22-14-25(20(7)8)27(26(15-22)21(9)10)16-28(31)30-35(32,33)34-29-23(18(3)4)12-11-13-24(29)19(5)6/h3*11-15,17-21H,16H2,1-10H3,(H,30,31). The van der Waals surface area contributed by atoms with Crippen molar-refractivity contribution in [3.8, 4) is 17.2 Å². The van der Waals surface area contributed by atoms with Crippen LogP contribution < -0.4 is 26.7 Å². The third-order valence-electron chi connectivity index (χ3n) is 19.0. The first-order valence-electron chi connectivity index (χ1n) is 38.1. The first kappa shape index (κ1) is 90.4. The molecule has 15 nitrogen and oxygen atoms in total. The molecular formula is C87H129N3O12S3. The molecule has 0 aromatic heterocycles. The molecule has 0 aliphatic heterocycles. The molecule has 0 heterocycles. The summed E-state index contributed by atoms with van der Waals surface area (Å²) in [6.45, 7) is 61.9. The fourth-order valence-corrected chi connectivity index (χ4v) is 15.5. The van der Waals surface area contributed by atoms with E-state index < -0.39 is 48.6 Å². The topological polar surface area (TPSA) is 217 Å². The molecule has 0 aliphatic rings. The molecular weight excluding hydrogens is 1380 g/mol. The van der Waals surface area contributed by atoms with Crippen LogP contribution in [0.25, 0.3) is 0 Å². The second kappa shape index (κ2) is 38.7. The van der Waals surface area contributed by atoms with Crippen molar-refractivity contribution >= 4 is 48.6 Å². The van der Waals surface area contributed by atoms with Crippen LogP contribution >= 0.6 is 0 Å². The van der Waals surface area contributed by atoms with E-state index in [0.29, 0.717) is 35.0 Å². The van der Waals surface area contributed by atoms with Crippen LogP contribution in [0.1, 0.15) is 397 Å². The highest BCUT2D eigenvalue weighted by Gasteiger charge is 2.31. The Hall–Kier alpha value is -7.02. The quantitative estimate of drug-likeness (QED) is 0.0384. The van der Waals surface area contributed by atoms with Gasteiger partial charge < -0.3 is 12.5 Å². The van der Waals surface area contributed by atoms with Gasteiger partial charge in [0.05, 0.1) is 19.3 Å². The Bertz CT molecular complexity index is 3710. The number of hydrogen-bond acceptors (Lipinski definition) is 12. The Morgan fingerprint density at radius 2 is 0.390 bits per heavy atom. The van der Waals surface area contributed by atoms with Gasteiger partial charge in [-0.3, -0.25) is 14.4 Å². The molecule has 6 aromatic rings. The molecule has 3 N–H and O–H groups in total. The van der Waals surface area contributed by atoms with E-state index in [4.69, 9.17) is 12.5 Å². The molecule has 18 heteroatoms. The minimum absolute atomic E-state index is 0.0230. The zero-order valence-electron chi connectivity index (χ0n) is 69.1. The lowest BCUT2D eigenvalue weighted by molar-refractivity contribution is -0.119. The summed E-state index contributed by atoms with van der Waals surface area (Å²) in [4.78, 5) is 39.2. The highest BCUT2D eigenvalue weighted by Crippen LogP contribution is 2.41. The van der Waals surface area contributed by atoms with Gasteiger partial charge in [-0.05, 0) is 189 Å². The van der Waals surface area contributed by atoms with Gasteiger partial charge in [-0.15, -0.1) is 0 Å². The Morgan fingerprint density at radius 3 is 0.514 bits per heavy atom. The maximum atomic E-state index is 13.1. The molecule has 6 aromatic carbocycles. The van der Waals surface area contributed by atoms with E-state index in [0.717, 1.165) is 83.5 Å². The summed E-state index contributed by atoms with van der Waals surface area (Å²) in [7, 11) is -13.1. The molecule has 0 radical (unpaired) electrons. The number of hydrogen-bond donors (Lipinski definition) is 3. The SMILES string of the molecule is CC(C)c1cc(C(C)C)c(CC(=O)NS(=O)(=O)Oc2c(C(C)C)cccc2C(C)C)c(C(C)C)c1.CC(C)c1cc(C(C)C)c(CC(=O)NS(=O)(=O)Oc2c(C(C)C)cccc2C(C)C)c(C(C)C)c1.CC(C)c1cc(C(C)C)c(CC(=O)NS(=O)(=O)Oc2c(C(C)C)cccc2C(C)C)c(C(C)C)c1. The molecule has 582 valence electrons. The molecule has 0 spiro atoms. The highest BCUT2D eigenvalue weighted by molar-refractivity contribution is 7.86.